The molecule has 0 unspecified atom stereocenters. The number of hydrogen-bond acceptors (Lipinski definition) is 4. The van der Waals surface area contributed by atoms with Crippen molar-refractivity contribution in [3.05, 3.63) is 23.8 Å². The van der Waals surface area contributed by atoms with E-state index in [4.69, 9.17) is 21.7 Å². The summed E-state index contributed by atoms with van der Waals surface area (Å²) in [6.07, 6.45) is 0.571. The maximum atomic E-state index is 10.8. The lowest BCUT2D eigenvalue weighted by Gasteiger charge is -2.49. The summed E-state index contributed by atoms with van der Waals surface area (Å²) in [7, 11) is 3.23. The van der Waals surface area contributed by atoms with Gasteiger partial charge >= 0.3 is 0 Å². The van der Waals surface area contributed by atoms with Crippen LogP contribution in [-0.2, 0) is 6.54 Å². The van der Waals surface area contributed by atoms with Crippen molar-refractivity contribution in [1.82, 2.24) is 10.2 Å². The fourth-order valence-electron chi connectivity index (χ4n) is 2.93. The second kappa shape index (κ2) is 5.93. The minimum absolute atomic E-state index is 0.233. The number of benzene rings is 1. The Hall–Kier alpha value is -1.53. The number of nitrogens with one attached hydrogen (secondary N) is 1. The molecule has 1 fully saturated rings. The van der Waals surface area contributed by atoms with Crippen molar-refractivity contribution in [3.63, 3.8) is 0 Å². The Morgan fingerprint density at radius 1 is 1.18 bits per heavy atom. The zero-order valence-corrected chi connectivity index (χ0v) is 14.6. The van der Waals surface area contributed by atoms with Crippen LogP contribution in [0.5, 0.6) is 11.5 Å². The highest BCUT2D eigenvalue weighted by Crippen LogP contribution is 2.32. The molecule has 1 aromatic rings. The summed E-state index contributed by atoms with van der Waals surface area (Å²) in [6, 6.07) is 5.65. The molecule has 0 spiro atoms. The molecule has 2 N–H and O–H groups in total. The summed E-state index contributed by atoms with van der Waals surface area (Å²) >= 11 is 5.44. The number of thiocarbonyl (C=S) groups is 1. The van der Waals surface area contributed by atoms with Crippen molar-refractivity contribution in [2.45, 2.75) is 45.0 Å². The topological polar surface area (TPSA) is 54.0 Å². The number of aliphatic hydroxyl groups is 1. The zero-order chi connectivity index (χ0) is 16.5. The first-order valence-electron chi connectivity index (χ1n) is 7.21. The van der Waals surface area contributed by atoms with E-state index in [1.54, 1.807) is 26.0 Å². The molecule has 0 aromatic heterocycles. The van der Waals surface area contributed by atoms with Crippen LogP contribution in [0.3, 0.4) is 0 Å². The van der Waals surface area contributed by atoms with Gasteiger partial charge in [-0.25, -0.2) is 0 Å². The highest BCUT2D eigenvalue weighted by Gasteiger charge is 2.42. The van der Waals surface area contributed by atoms with Crippen molar-refractivity contribution in [1.29, 1.82) is 0 Å². The van der Waals surface area contributed by atoms with Crippen molar-refractivity contribution in [3.8, 4) is 11.5 Å². The highest BCUT2D eigenvalue weighted by atomic mass is 32.1. The largest absolute Gasteiger partial charge is 0.497 e. The molecule has 1 atom stereocenters. The van der Waals surface area contributed by atoms with E-state index >= 15 is 0 Å². The number of ether oxygens (including phenoxy) is 2. The molecule has 1 aliphatic heterocycles. The SMILES string of the molecule is COc1cc(CN2C(=S)NC(C)(C)C[C@@]2(C)O)cc(OC)c1. The molecule has 5 nitrogen and oxygen atoms in total. The zero-order valence-electron chi connectivity index (χ0n) is 13.8. The minimum Gasteiger partial charge on any atom is -0.497 e. The first kappa shape index (κ1) is 16.8. The third kappa shape index (κ3) is 3.62. The molecule has 6 heteroatoms. The van der Waals surface area contributed by atoms with Gasteiger partial charge in [-0.2, -0.15) is 0 Å². The molecule has 1 heterocycles. The van der Waals surface area contributed by atoms with Crippen LogP contribution >= 0.6 is 12.2 Å². The van der Waals surface area contributed by atoms with E-state index in [-0.39, 0.29) is 5.54 Å². The number of methoxy groups -OCH3 is 2. The highest BCUT2D eigenvalue weighted by molar-refractivity contribution is 7.80. The Labute approximate surface area is 137 Å². The van der Waals surface area contributed by atoms with Crippen molar-refractivity contribution < 1.29 is 14.6 Å². The van der Waals surface area contributed by atoms with Crippen LogP contribution in [0.4, 0.5) is 0 Å². The van der Waals surface area contributed by atoms with Gasteiger partial charge < -0.3 is 24.8 Å². The Morgan fingerprint density at radius 2 is 1.73 bits per heavy atom. The lowest BCUT2D eigenvalue weighted by atomic mass is 9.90. The molecule has 22 heavy (non-hydrogen) atoms. The van der Waals surface area contributed by atoms with E-state index in [1.807, 2.05) is 32.0 Å². The van der Waals surface area contributed by atoms with Gasteiger partial charge in [0.25, 0.3) is 0 Å². The molecule has 1 saturated heterocycles. The van der Waals surface area contributed by atoms with E-state index in [0.29, 0.717) is 29.6 Å². The molecule has 2 rings (SSSR count). The van der Waals surface area contributed by atoms with E-state index in [0.717, 1.165) is 5.56 Å². The Kier molecular flexibility index (Phi) is 4.54. The number of hydrogen-bond donors (Lipinski definition) is 2. The molecular formula is C16H24N2O3S. The van der Waals surface area contributed by atoms with Gasteiger partial charge in [0.05, 0.1) is 14.2 Å². The summed E-state index contributed by atoms with van der Waals surface area (Å²) in [5, 5.41) is 14.6. The van der Waals surface area contributed by atoms with Crippen LogP contribution in [0.1, 0.15) is 32.8 Å². The lowest BCUT2D eigenvalue weighted by Crippen LogP contribution is -2.65. The van der Waals surface area contributed by atoms with Crippen molar-refractivity contribution >= 4 is 17.3 Å². The number of rotatable bonds is 4. The monoisotopic (exact) mass is 324 g/mol. The molecule has 0 radical (unpaired) electrons. The van der Waals surface area contributed by atoms with Crippen LogP contribution in [0.15, 0.2) is 18.2 Å². The van der Waals surface area contributed by atoms with Crippen LogP contribution in [0.2, 0.25) is 0 Å². The van der Waals surface area contributed by atoms with Gasteiger partial charge in [0.2, 0.25) is 0 Å². The van der Waals surface area contributed by atoms with E-state index < -0.39 is 5.72 Å². The Balaban J connectivity index is 2.28. The van der Waals surface area contributed by atoms with Gasteiger partial charge in [0.15, 0.2) is 5.11 Å². The fourth-order valence-corrected chi connectivity index (χ4v) is 3.47. The summed E-state index contributed by atoms with van der Waals surface area (Å²) in [5.74, 6) is 1.43. The first-order valence-corrected chi connectivity index (χ1v) is 7.62. The standard InChI is InChI=1S/C16H24N2O3S/c1-15(2)10-16(3,19)18(14(22)17-15)9-11-6-12(20-4)8-13(7-11)21-5/h6-8,19H,9-10H2,1-5H3,(H,17,22)/t16-/m1/s1. The van der Waals surface area contributed by atoms with Crippen LogP contribution in [-0.4, -0.2) is 40.6 Å². The average molecular weight is 324 g/mol. The summed E-state index contributed by atoms with van der Waals surface area (Å²) in [4.78, 5) is 1.79. The number of nitrogens with zero attached hydrogens (tertiary/aromatic N) is 1. The maximum absolute atomic E-state index is 10.8. The molecule has 122 valence electrons. The fraction of sp³-hybridized carbons (Fsp3) is 0.562. The molecule has 0 amide bonds. The van der Waals surface area contributed by atoms with Crippen LogP contribution in [0, 0.1) is 0 Å². The second-order valence-electron chi connectivity index (χ2n) is 6.51. The van der Waals surface area contributed by atoms with Crippen LogP contribution in [0.25, 0.3) is 0 Å². The third-order valence-electron chi connectivity index (χ3n) is 3.80. The quantitative estimate of drug-likeness (QED) is 0.829. The molecule has 0 saturated carbocycles. The molecule has 1 aliphatic rings. The molecule has 0 bridgehead atoms. The third-order valence-corrected chi connectivity index (χ3v) is 4.12. The molecule has 1 aromatic carbocycles. The molecular weight excluding hydrogens is 300 g/mol. The smallest absolute Gasteiger partial charge is 0.171 e. The van der Waals surface area contributed by atoms with Gasteiger partial charge in [0, 0.05) is 24.6 Å². The van der Waals surface area contributed by atoms with Gasteiger partial charge in [0.1, 0.15) is 17.2 Å². The van der Waals surface area contributed by atoms with Crippen LogP contribution < -0.4 is 14.8 Å². The van der Waals surface area contributed by atoms with E-state index in [2.05, 4.69) is 5.32 Å². The minimum atomic E-state index is -1.01. The van der Waals surface area contributed by atoms with E-state index in [9.17, 15) is 5.11 Å². The maximum Gasteiger partial charge on any atom is 0.171 e. The summed E-state index contributed by atoms with van der Waals surface area (Å²) < 4.78 is 10.6. The summed E-state index contributed by atoms with van der Waals surface area (Å²) in [5.41, 5.74) is -0.286. The van der Waals surface area contributed by atoms with Gasteiger partial charge in [-0.05, 0) is 50.7 Å². The Bertz CT molecular complexity index is 550. The van der Waals surface area contributed by atoms with E-state index in [1.165, 1.54) is 0 Å². The van der Waals surface area contributed by atoms with Gasteiger partial charge in [-0.1, -0.05) is 0 Å². The second-order valence-corrected chi connectivity index (χ2v) is 6.90. The Morgan fingerprint density at radius 3 is 2.18 bits per heavy atom. The summed E-state index contributed by atoms with van der Waals surface area (Å²) in [6.45, 7) is 6.32. The predicted octanol–water partition coefficient (Wildman–Crippen LogP) is 2.27. The lowest BCUT2D eigenvalue weighted by molar-refractivity contribution is -0.0921. The van der Waals surface area contributed by atoms with Gasteiger partial charge in [-0.3, -0.25) is 0 Å². The van der Waals surface area contributed by atoms with Crippen molar-refractivity contribution in [2.24, 2.45) is 0 Å². The van der Waals surface area contributed by atoms with Crippen molar-refractivity contribution in [2.75, 3.05) is 14.2 Å². The normalized spacial score (nSPS) is 23.9. The van der Waals surface area contributed by atoms with Gasteiger partial charge in [-0.15, -0.1) is 0 Å². The average Bonchev–Trinajstić information content (AvgIpc) is 2.40. The first-order chi connectivity index (χ1) is 10.2. The molecule has 0 aliphatic carbocycles. The predicted molar refractivity (Wildman–Crippen MR) is 90.1 cm³/mol.